The van der Waals surface area contributed by atoms with Crippen LogP contribution in [-0.4, -0.2) is 14.6 Å². The molecule has 1 N–H and O–H groups in total. The highest BCUT2D eigenvalue weighted by Crippen LogP contribution is 2.20. The van der Waals surface area contributed by atoms with Crippen LogP contribution in [0.4, 0.5) is 9.39 Å². The van der Waals surface area contributed by atoms with E-state index in [0.717, 1.165) is 10.6 Å². The summed E-state index contributed by atoms with van der Waals surface area (Å²) in [5.41, 5.74) is 0.795. The van der Waals surface area contributed by atoms with Gasteiger partial charge in [0.25, 0.3) is 0 Å². The van der Waals surface area contributed by atoms with E-state index in [2.05, 4.69) is 19.9 Å². The lowest BCUT2D eigenvalue weighted by Crippen LogP contribution is -2.06. The molecule has 0 radical (unpaired) electrons. The Labute approximate surface area is 90.3 Å². The molecule has 0 fully saturated rings. The number of nitrogens with one attached hydrogen (secondary N) is 1. The summed E-state index contributed by atoms with van der Waals surface area (Å²) >= 11 is 1.26. The Morgan fingerprint density at radius 1 is 1.40 bits per heavy atom. The van der Waals surface area contributed by atoms with E-state index in [0.29, 0.717) is 0 Å². The van der Waals surface area contributed by atoms with Crippen molar-refractivity contribution in [1.29, 1.82) is 0 Å². The van der Waals surface area contributed by atoms with E-state index in [-0.39, 0.29) is 11.9 Å². The Bertz CT molecular complexity index is 431. The normalized spacial score (nSPS) is 12.4. The molecule has 2 heterocycles. The maximum atomic E-state index is 12.9. The highest BCUT2D eigenvalue weighted by Gasteiger charge is 2.07. The molecule has 2 aromatic heterocycles. The molecule has 1 unspecified atom stereocenters. The molecule has 78 valence electrons. The van der Waals surface area contributed by atoms with Crippen LogP contribution in [0.25, 0.3) is 0 Å². The number of hydrogen-bond donors (Lipinski definition) is 1. The van der Waals surface area contributed by atoms with Crippen molar-refractivity contribution in [2.45, 2.75) is 13.0 Å². The van der Waals surface area contributed by atoms with Gasteiger partial charge < -0.3 is 5.32 Å². The zero-order valence-electron chi connectivity index (χ0n) is 8.01. The van der Waals surface area contributed by atoms with Gasteiger partial charge in [0.15, 0.2) is 0 Å². The van der Waals surface area contributed by atoms with Crippen molar-refractivity contribution < 1.29 is 4.39 Å². The first-order valence-corrected chi connectivity index (χ1v) is 5.17. The van der Waals surface area contributed by atoms with Crippen LogP contribution in [0, 0.1) is 5.82 Å². The topological polar surface area (TPSA) is 50.7 Å². The summed E-state index contributed by atoms with van der Waals surface area (Å²) in [5.74, 6) is -0.330. The second-order valence-electron chi connectivity index (χ2n) is 3.08. The molecule has 0 aliphatic heterocycles. The zero-order valence-corrected chi connectivity index (χ0v) is 8.83. The van der Waals surface area contributed by atoms with Crippen LogP contribution in [0.15, 0.2) is 24.7 Å². The van der Waals surface area contributed by atoms with Gasteiger partial charge >= 0.3 is 0 Å². The third kappa shape index (κ3) is 2.47. The lowest BCUT2D eigenvalue weighted by atomic mass is 10.1. The summed E-state index contributed by atoms with van der Waals surface area (Å²) < 4.78 is 16.6. The standard InChI is InChI=1S/C9H9FN4S/c1-6(13-9-5-12-14-15-9)7-2-8(10)4-11-3-7/h2-6,13H,1H3. The lowest BCUT2D eigenvalue weighted by Gasteiger charge is -2.12. The number of pyridine rings is 1. The monoisotopic (exact) mass is 224 g/mol. The Hall–Kier alpha value is -1.56. The van der Waals surface area contributed by atoms with Crippen LogP contribution in [0.3, 0.4) is 0 Å². The first-order valence-electron chi connectivity index (χ1n) is 4.40. The quantitative estimate of drug-likeness (QED) is 0.868. The average Bonchev–Trinajstić information content (AvgIpc) is 2.70. The average molecular weight is 224 g/mol. The predicted molar refractivity (Wildman–Crippen MR) is 56.1 cm³/mol. The minimum Gasteiger partial charge on any atom is -0.368 e. The number of hydrogen-bond acceptors (Lipinski definition) is 5. The third-order valence-electron chi connectivity index (χ3n) is 1.95. The van der Waals surface area contributed by atoms with Crippen LogP contribution in [0.5, 0.6) is 0 Å². The van der Waals surface area contributed by atoms with Gasteiger partial charge in [-0.2, -0.15) is 0 Å². The maximum Gasteiger partial charge on any atom is 0.141 e. The zero-order chi connectivity index (χ0) is 10.7. The van der Waals surface area contributed by atoms with E-state index in [4.69, 9.17) is 0 Å². The molecule has 4 nitrogen and oxygen atoms in total. The van der Waals surface area contributed by atoms with Crippen molar-refractivity contribution in [2.24, 2.45) is 0 Å². The smallest absolute Gasteiger partial charge is 0.141 e. The molecule has 0 aromatic carbocycles. The Kier molecular flexibility index (Phi) is 2.86. The number of anilines is 1. The third-order valence-corrected chi connectivity index (χ3v) is 2.54. The molecule has 0 aliphatic rings. The number of rotatable bonds is 3. The van der Waals surface area contributed by atoms with E-state index in [1.54, 1.807) is 12.4 Å². The second-order valence-corrected chi connectivity index (χ2v) is 3.87. The van der Waals surface area contributed by atoms with Crippen LogP contribution in [-0.2, 0) is 0 Å². The minimum absolute atomic E-state index is 0.0181. The van der Waals surface area contributed by atoms with E-state index >= 15 is 0 Å². The van der Waals surface area contributed by atoms with Crippen LogP contribution >= 0.6 is 11.5 Å². The van der Waals surface area contributed by atoms with E-state index in [1.807, 2.05) is 6.92 Å². The summed E-state index contributed by atoms with van der Waals surface area (Å²) in [5, 5.41) is 7.71. The molecule has 1 atom stereocenters. The first kappa shape index (κ1) is 9.97. The van der Waals surface area contributed by atoms with Crippen LogP contribution < -0.4 is 5.32 Å². The fourth-order valence-electron chi connectivity index (χ4n) is 1.19. The van der Waals surface area contributed by atoms with Gasteiger partial charge in [-0.25, -0.2) is 4.39 Å². The predicted octanol–water partition coefficient (Wildman–Crippen LogP) is 2.25. The molecule has 0 bridgehead atoms. The largest absolute Gasteiger partial charge is 0.368 e. The molecule has 6 heteroatoms. The van der Waals surface area contributed by atoms with E-state index < -0.39 is 0 Å². The van der Waals surface area contributed by atoms with E-state index in [1.165, 1.54) is 23.8 Å². The molecule has 2 rings (SSSR count). The van der Waals surface area contributed by atoms with Crippen LogP contribution in [0.2, 0.25) is 0 Å². The molecule has 0 amide bonds. The lowest BCUT2D eigenvalue weighted by molar-refractivity contribution is 0.616. The van der Waals surface area contributed by atoms with Gasteiger partial charge in [-0.1, -0.05) is 4.49 Å². The first-order chi connectivity index (χ1) is 7.25. The Morgan fingerprint density at radius 2 is 2.27 bits per heavy atom. The minimum atomic E-state index is -0.330. The highest BCUT2D eigenvalue weighted by molar-refractivity contribution is 7.09. The van der Waals surface area contributed by atoms with Gasteiger partial charge in [0, 0.05) is 17.7 Å². The Morgan fingerprint density at radius 3 is 2.93 bits per heavy atom. The van der Waals surface area contributed by atoms with Gasteiger partial charge in [-0.3, -0.25) is 4.98 Å². The Balaban J connectivity index is 2.11. The fraction of sp³-hybridized carbons (Fsp3) is 0.222. The van der Waals surface area contributed by atoms with Crippen molar-refractivity contribution in [3.8, 4) is 0 Å². The van der Waals surface area contributed by atoms with Gasteiger partial charge in [-0.15, -0.1) is 5.10 Å². The number of nitrogens with zero attached hydrogens (tertiary/aromatic N) is 3. The summed E-state index contributed by atoms with van der Waals surface area (Å²) in [6.45, 7) is 1.93. The van der Waals surface area contributed by atoms with Gasteiger partial charge in [0.2, 0.25) is 0 Å². The van der Waals surface area contributed by atoms with Crippen molar-refractivity contribution in [1.82, 2.24) is 14.6 Å². The van der Waals surface area contributed by atoms with E-state index in [9.17, 15) is 4.39 Å². The molecular formula is C9H9FN4S. The van der Waals surface area contributed by atoms with Crippen molar-refractivity contribution in [3.05, 3.63) is 36.0 Å². The molecule has 0 saturated carbocycles. The molecule has 0 spiro atoms. The number of halogens is 1. The summed E-state index contributed by atoms with van der Waals surface area (Å²) in [4.78, 5) is 3.79. The summed E-state index contributed by atoms with van der Waals surface area (Å²) in [6, 6.07) is 1.44. The SMILES string of the molecule is CC(Nc1cnns1)c1cncc(F)c1. The maximum absolute atomic E-state index is 12.9. The molecule has 15 heavy (non-hydrogen) atoms. The number of aromatic nitrogens is 3. The van der Waals surface area contributed by atoms with Crippen molar-refractivity contribution in [2.75, 3.05) is 5.32 Å². The summed E-state index contributed by atoms with van der Waals surface area (Å²) in [6.07, 6.45) is 4.45. The highest BCUT2D eigenvalue weighted by atomic mass is 32.1. The van der Waals surface area contributed by atoms with Gasteiger partial charge in [0.05, 0.1) is 18.4 Å². The molecule has 0 aliphatic carbocycles. The summed E-state index contributed by atoms with van der Waals surface area (Å²) in [7, 11) is 0. The van der Waals surface area contributed by atoms with Gasteiger partial charge in [0.1, 0.15) is 10.8 Å². The molecular weight excluding hydrogens is 215 g/mol. The van der Waals surface area contributed by atoms with Crippen molar-refractivity contribution in [3.63, 3.8) is 0 Å². The molecule has 0 saturated heterocycles. The fourth-order valence-corrected chi connectivity index (χ4v) is 1.70. The van der Waals surface area contributed by atoms with Crippen molar-refractivity contribution >= 4 is 16.5 Å². The van der Waals surface area contributed by atoms with Gasteiger partial charge in [-0.05, 0) is 18.6 Å². The molecule has 2 aromatic rings. The van der Waals surface area contributed by atoms with Crippen LogP contribution in [0.1, 0.15) is 18.5 Å². The second kappa shape index (κ2) is 4.31.